The molecule has 1 aliphatic carbocycles. The van der Waals surface area contributed by atoms with Crippen molar-refractivity contribution in [2.75, 3.05) is 26.2 Å². The molecule has 1 saturated carbocycles. The van der Waals surface area contributed by atoms with E-state index in [9.17, 15) is 9.90 Å². The molecular formula is C13H24N2O3. The smallest absolute Gasteiger partial charge is 0.322 e. The molecule has 5 nitrogen and oxygen atoms in total. The van der Waals surface area contributed by atoms with Crippen molar-refractivity contribution in [3.63, 3.8) is 0 Å². The first-order valence-corrected chi connectivity index (χ1v) is 7.02. The second kappa shape index (κ2) is 6.50. The van der Waals surface area contributed by atoms with Crippen LogP contribution in [-0.4, -0.2) is 59.4 Å². The fourth-order valence-corrected chi connectivity index (χ4v) is 3.18. The fourth-order valence-electron chi connectivity index (χ4n) is 3.18. The lowest BCUT2D eigenvalue weighted by molar-refractivity contribution is -0.144. The van der Waals surface area contributed by atoms with Crippen molar-refractivity contribution >= 4 is 5.97 Å². The summed E-state index contributed by atoms with van der Waals surface area (Å²) >= 11 is 0. The molecule has 104 valence electrons. The van der Waals surface area contributed by atoms with Gasteiger partial charge in [0.2, 0.25) is 0 Å². The minimum absolute atomic E-state index is 0.381. The van der Waals surface area contributed by atoms with Gasteiger partial charge in [0.15, 0.2) is 0 Å². The predicted octanol–water partition coefficient (Wildman–Crippen LogP) is 0.286. The molecule has 3 N–H and O–H groups in total. The zero-order valence-electron chi connectivity index (χ0n) is 10.8. The van der Waals surface area contributed by atoms with Crippen molar-refractivity contribution in [3.05, 3.63) is 0 Å². The number of carboxylic acids is 1. The fraction of sp³-hybridized carbons (Fsp3) is 0.923. The molecule has 18 heavy (non-hydrogen) atoms. The van der Waals surface area contributed by atoms with E-state index in [2.05, 4.69) is 5.32 Å². The first-order valence-electron chi connectivity index (χ1n) is 7.02. The van der Waals surface area contributed by atoms with Crippen LogP contribution in [0.4, 0.5) is 0 Å². The average molecular weight is 256 g/mol. The summed E-state index contributed by atoms with van der Waals surface area (Å²) in [6.07, 6.45) is 5.46. The second-order valence-electron chi connectivity index (χ2n) is 5.59. The number of piperazine rings is 1. The molecule has 0 aromatic heterocycles. The Labute approximate surface area is 108 Å². The van der Waals surface area contributed by atoms with E-state index in [0.717, 1.165) is 13.0 Å². The molecule has 5 heteroatoms. The molecule has 1 saturated heterocycles. The van der Waals surface area contributed by atoms with E-state index in [1.54, 1.807) is 0 Å². The van der Waals surface area contributed by atoms with Gasteiger partial charge in [0.05, 0.1) is 6.10 Å². The van der Waals surface area contributed by atoms with Gasteiger partial charge in [0.25, 0.3) is 0 Å². The number of aliphatic carboxylic acids is 1. The summed E-state index contributed by atoms with van der Waals surface area (Å²) in [7, 11) is 0. The van der Waals surface area contributed by atoms with Gasteiger partial charge in [-0.15, -0.1) is 0 Å². The molecule has 0 aromatic carbocycles. The number of aliphatic hydroxyl groups excluding tert-OH is 1. The van der Waals surface area contributed by atoms with Crippen molar-refractivity contribution in [1.29, 1.82) is 0 Å². The highest BCUT2D eigenvalue weighted by Crippen LogP contribution is 2.28. The third-order valence-electron chi connectivity index (χ3n) is 4.16. The first kappa shape index (κ1) is 13.8. The van der Waals surface area contributed by atoms with Gasteiger partial charge < -0.3 is 15.5 Å². The molecule has 0 spiro atoms. The third-order valence-corrected chi connectivity index (χ3v) is 4.16. The SMILES string of the molecule is O=C(O)C1CNCCN1CC(O)CC1CCCC1. The molecule has 1 aliphatic heterocycles. The van der Waals surface area contributed by atoms with Crippen LogP contribution >= 0.6 is 0 Å². The van der Waals surface area contributed by atoms with Crippen LogP contribution in [0.15, 0.2) is 0 Å². The van der Waals surface area contributed by atoms with E-state index < -0.39 is 12.0 Å². The van der Waals surface area contributed by atoms with Gasteiger partial charge in [0.1, 0.15) is 6.04 Å². The lowest BCUT2D eigenvalue weighted by Gasteiger charge is -2.35. The Morgan fingerprint density at radius 2 is 2.11 bits per heavy atom. The normalized spacial score (nSPS) is 28.4. The molecule has 0 radical (unpaired) electrons. The van der Waals surface area contributed by atoms with Gasteiger partial charge in [-0.25, -0.2) is 0 Å². The summed E-state index contributed by atoms with van der Waals surface area (Å²) in [6.45, 7) is 2.49. The van der Waals surface area contributed by atoms with E-state index in [1.165, 1.54) is 25.7 Å². The van der Waals surface area contributed by atoms with Crippen LogP contribution in [0.25, 0.3) is 0 Å². The number of β-amino-alcohol motifs (C(OH)–C–C–N with tert-alkyl or cyclic N) is 1. The Kier molecular flexibility index (Phi) is 4.97. The quantitative estimate of drug-likeness (QED) is 0.659. The van der Waals surface area contributed by atoms with E-state index in [4.69, 9.17) is 5.11 Å². The zero-order chi connectivity index (χ0) is 13.0. The maximum Gasteiger partial charge on any atom is 0.322 e. The number of hydrogen-bond acceptors (Lipinski definition) is 4. The molecule has 1 heterocycles. The molecule has 2 atom stereocenters. The van der Waals surface area contributed by atoms with Crippen LogP contribution in [0.1, 0.15) is 32.1 Å². The molecular weight excluding hydrogens is 232 g/mol. The number of rotatable bonds is 5. The highest BCUT2D eigenvalue weighted by molar-refractivity contribution is 5.73. The second-order valence-corrected chi connectivity index (χ2v) is 5.59. The van der Waals surface area contributed by atoms with Crippen molar-refractivity contribution in [2.24, 2.45) is 5.92 Å². The zero-order valence-corrected chi connectivity index (χ0v) is 10.8. The maximum absolute atomic E-state index is 11.1. The highest BCUT2D eigenvalue weighted by atomic mass is 16.4. The standard InChI is InChI=1S/C13H24N2O3/c16-11(7-10-3-1-2-4-10)9-15-6-5-14-8-12(15)13(17)18/h10-12,14,16H,1-9H2,(H,17,18). The van der Waals surface area contributed by atoms with Crippen LogP contribution in [0.5, 0.6) is 0 Å². The summed E-state index contributed by atoms with van der Waals surface area (Å²) in [5, 5.41) is 22.3. The minimum Gasteiger partial charge on any atom is -0.480 e. The topological polar surface area (TPSA) is 72.8 Å². The van der Waals surface area contributed by atoms with Crippen LogP contribution in [0.3, 0.4) is 0 Å². The van der Waals surface area contributed by atoms with Gasteiger partial charge in [-0.3, -0.25) is 9.69 Å². The van der Waals surface area contributed by atoms with Crippen molar-refractivity contribution in [3.8, 4) is 0 Å². The Morgan fingerprint density at radius 3 is 2.78 bits per heavy atom. The van der Waals surface area contributed by atoms with E-state index in [1.807, 2.05) is 4.90 Å². The minimum atomic E-state index is -0.796. The number of carboxylic acid groups (broad SMARTS) is 1. The summed E-state index contributed by atoms with van der Waals surface area (Å²) in [4.78, 5) is 13.0. The molecule has 0 aromatic rings. The van der Waals surface area contributed by atoms with Crippen LogP contribution in [-0.2, 0) is 4.79 Å². The van der Waals surface area contributed by atoms with Gasteiger partial charge in [0, 0.05) is 26.2 Å². The number of hydrogen-bond donors (Lipinski definition) is 3. The first-order chi connectivity index (χ1) is 8.66. The number of nitrogens with zero attached hydrogens (tertiary/aromatic N) is 1. The Balaban J connectivity index is 1.80. The summed E-state index contributed by atoms with van der Waals surface area (Å²) in [6, 6.07) is -0.489. The van der Waals surface area contributed by atoms with E-state index >= 15 is 0 Å². The molecule has 2 unspecified atom stereocenters. The van der Waals surface area contributed by atoms with Crippen LogP contribution < -0.4 is 5.32 Å². The van der Waals surface area contributed by atoms with Crippen LogP contribution in [0, 0.1) is 5.92 Å². The van der Waals surface area contributed by atoms with Crippen LogP contribution in [0.2, 0.25) is 0 Å². The van der Waals surface area contributed by atoms with Gasteiger partial charge in [-0.2, -0.15) is 0 Å². The summed E-state index contributed by atoms with van der Waals surface area (Å²) in [5.41, 5.74) is 0. The monoisotopic (exact) mass is 256 g/mol. The molecule has 2 aliphatic rings. The summed E-state index contributed by atoms with van der Waals surface area (Å²) < 4.78 is 0. The van der Waals surface area contributed by atoms with Crippen molar-refractivity contribution < 1.29 is 15.0 Å². The summed E-state index contributed by atoms with van der Waals surface area (Å²) in [5.74, 6) is -0.151. The Bertz CT molecular complexity index is 279. The molecule has 0 bridgehead atoms. The largest absolute Gasteiger partial charge is 0.480 e. The lowest BCUT2D eigenvalue weighted by Crippen LogP contribution is -2.56. The number of nitrogens with one attached hydrogen (secondary N) is 1. The van der Waals surface area contributed by atoms with Crippen molar-refractivity contribution in [1.82, 2.24) is 10.2 Å². The predicted molar refractivity (Wildman–Crippen MR) is 68.4 cm³/mol. The van der Waals surface area contributed by atoms with E-state index in [0.29, 0.717) is 25.6 Å². The van der Waals surface area contributed by atoms with Gasteiger partial charge in [-0.1, -0.05) is 25.7 Å². The number of carbonyl (C=O) groups is 1. The molecule has 2 fully saturated rings. The maximum atomic E-state index is 11.1. The highest BCUT2D eigenvalue weighted by Gasteiger charge is 2.30. The molecule has 2 rings (SSSR count). The average Bonchev–Trinajstić information content (AvgIpc) is 2.82. The third kappa shape index (κ3) is 3.67. The Morgan fingerprint density at radius 1 is 1.39 bits per heavy atom. The number of aliphatic hydroxyl groups is 1. The van der Waals surface area contributed by atoms with Gasteiger partial charge in [-0.05, 0) is 12.3 Å². The lowest BCUT2D eigenvalue weighted by atomic mass is 9.99. The van der Waals surface area contributed by atoms with Gasteiger partial charge >= 0.3 is 5.97 Å². The molecule has 0 amide bonds. The Hall–Kier alpha value is -0.650. The van der Waals surface area contributed by atoms with E-state index in [-0.39, 0.29) is 6.10 Å². The van der Waals surface area contributed by atoms with Crippen molar-refractivity contribution in [2.45, 2.75) is 44.2 Å².